The van der Waals surface area contributed by atoms with Crippen LogP contribution in [-0.2, 0) is 0 Å². The molecule has 1 unspecified atom stereocenters. The van der Waals surface area contributed by atoms with Gasteiger partial charge in [-0.3, -0.25) is 0 Å². The minimum absolute atomic E-state index is 0.606. The first-order valence-corrected chi connectivity index (χ1v) is 6.69. The lowest BCUT2D eigenvalue weighted by Gasteiger charge is -2.26. The van der Waals surface area contributed by atoms with Crippen molar-refractivity contribution in [3.63, 3.8) is 0 Å². The van der Waals surface area contributed by atoms with Crippen molar-refractivity contribution in [1.82, 2.24) is 5.32 Å². The largest absolute Gasteiger partial charge is 0.308 e. The lowest BCUT2D eigenvalue weighted by Crippen LogP contribution is -2.36. The van der Waals surface area contributed by atoms with Gasteiger partial charge in [0.25, 0.3) is 0 Å². The molecule has 0 fully saturated rings. The van der Waals surface area contributed by atoms with Gasteiger partial charge < -0.3 is 5.32 Å². The molecule has 0 radical (unpaired) electrons. The molecule has 88 valence electrons. The standard InChI is InChI=1S/C14H27N/c1-4-5-11-14(15-12(2)3)13-9-7-6-8-10-13/h9,12,14-15H,4-8,10-11H2,1-3H3. The fourth-order valence-corrected chi connectivity index (χ4v) is 2.37. The fourth-order valence-electron chi connectivity index (χ4n) is 2.37. The van der Waals surface area contributed by atoms with Crippen LogP contribution in [0.25, 0.3) is 0 Å². The van der Waals surface area contributed by atoms with E-state index in [9.17, 15) is 0 Å². The normalized spacial score (nSPS) is 19.1. The molecule has 15 heavy (non-hydrogen) atoms. The van der Waals surface area contributed by atoms with E-state index in [1.54, 1.807) is 5.57 Å². The number of rotatable bonds is 6. The molecule has 0 spiro atoms. The maximum absolute atomic E-state index is 3.72. The molecule has 1 atom stereocenters. The van der Waals surface area contributed by atoms with Gasteiger partial charge in [0.1, 0.15) is 0 Å². The molecule has 1 heteroatoms. The molecule has 0 saturated carbocycles. The third-order valence-electron chi connectivity index (χ3n) is 3.15. The summed E-state index contributed by atoms with van der Waals surface area (Å²) >= 11 is 0. The van der Waals surface area contributed by atoms with E-state index in [2.05, 4.69) is 32.2 Å². The Kier molecular flexibility index (Phi) is 6.00. The highest BCUT2D eigenvalue weighted by Crippen LogP contribution is 2.23. The summed E-state index contributed by atoms with van der Waals surface area (Å²) in [6, 6.07) is 1.26. The monoisotopic (exact) mass is 209 g/mol. The van der Waals surface area contributed by atoms with Crippen LogP contribution in [0.2, 0.25) is 0 Å². The minimum Gasteiger partial charge on any atom is -0.308 e. The molecule has 1 N–H and O–H groups in total. The van der Waals surface area contributed by atoms with Gasteiger partial charge in [-0.25, -0.2) is 0 Å². The average Bonchev–Trinajstić information content (AvgIpc) is 2.25. The third kappa shape index (κ3) is 4.83. The molecule has 0 aliphatic heterocycles. The van der Waals surface area contributed by atoms with Crippen LogP contribution in [0.5, 0.6) is 0 Å². The van der Waals surface area contributed by atoms with Crippen LogP contribution in [0.3, 0.4) is 0 Å². The Hall–Kier alpha value is -0.300. The van der Waals surface area contributed by atoms with Crippen molar-refractivity contribution in [3.8, 4) is 0 Å². The Morgan fingerprint density at radius 2 is 2.13 bits per heavy atom. The van der Waals surface area contributed by atoms with Crippen molar-refractivity contribution in [3.05, 3.63) is 11.6 Å². The lowest BCUT2D eigenvalue weighted by molar-refractivity contribution is 0.450. The zero-order valence-electron chi connectivity index (χ0n) is 10.7. The van der Waals surface area contributed by atoms with E-state index in [0.29, 0.717) is 12.1 Å². The predicted octanol–water partition coefficient (Wildman–Crippen LogP) is 4.04. The van der Waals surface area contributed by atoms with Crippen LogP contribution < -0.4 is 5.32 Å². The van der Waals surface area contributed by atoms with Gasteiger partial charge in [-0.1, -0.05) is 45.3 Å². The summed E-state index contributed by atoms with van der Waals surface area (Å²) in [6.07, 6.45) is 11.9. The number of allylic oxidation sites excluding steroid dienone is 1. The van der Waals surface area contributed by atoms with Crippen molar-refractivity contribution in [2.24, 2.45) is 0 Å². The van der Waals surface area contributed by atoms with Crippen molar-refractivity contribution in [1.29, 1.82) is 0 Å². The number of unbranched alkanes of at least 4 members (excludes halogenated alkanes) is 1. The smallest absolute Gasteiger partial charge is 0.0281 e. The second-order valence-electron chi connectivity index (χ2n) is 5.04. The van der Waals surface area contributed by atoms with E-state index in [0.717, 1.165) is 0 Å². The third-order valence-corrected chi connectivity index (χ3v) is 3.15. The highest BCUT2D eigenvalue weighted by molar-refractivity contribution is 5.13. The second kappa shape index (κ2) is 7.05. The fraction of sp³-hybridized carbons (Fsp3) is 0.857. The van der Waals surface area contributed by atoms with Gasteiger partial charge in [0, 0.05) is 12.1 Å². The molecular weight excluding hydrogens is 182 g/mol. The molecule has 1 nitrogen and oxygen atoms in total. The summed E-state index contributed by atoms with van der Waals surface area (Å²) < 4.78 is 0. The van der Waals surface area contributed by atoms with Gasteiger partial charge in [-0.05, 0) is 32.1 Å². The van der Waals surface area contributed by atoms with Gasteiger partial charge in [-0.15, -0.1) is 0 Å². The van der Waals surface area contributed by atoms with Crippen LogP contribution in [0, 0.1) is 0 Å². The first-order valence-electron chi connectivity index (χ1n) is 6.69. The van der Waals surface area contributed by atoms with Gasteiger partial charge in [0.2, 0.25) is 0 Å². The summed E-state index contributed by atoms with van der Waals surface area (Å²) in [5.74, 6) is 0. The summed E-state index contributed by atoms with van der Waals surface area (Å²) in [4.78, 5) is 0. The van der Waals surface area contributed by atoms with E-state index >= 15 is 0 Å². The molecule has 1 rings (SSSR count). The average molecular weight is 209 g/mol. The van der Waals surface area contributed by atoms with E-state index in [-0.39, 0.29) is 0 Å². The number of nitrogens with one attached hydrogen (secondary N) is 1. The number of hydrogen-bond acceptors (Lipinski definition) is 1. The van der Waals surface area contributed by atoms with Crippen LogP contribution in [0.4, 0.5) is 0 Å². The summed E-state index contributed by atoms with van der Waals surface area (Å²) in [6.45, 7) is 6.78. The number of hydrogen-bond donors (Lipinski definition) is 1. The van der Waals surface area contributed by atoms with Crippen molar-refractivity contribution >= 4 is 0 Å². The molecule has 0 aromatic heterocycles. The molecule has 1 aliphatic rings. The van der Waals surface area contributed by atoms with Crippen molar-refractivity contribution in [2.75, 3.05) is 0 Å². The Bertz CT molecular complexity index is 194. The zero-order valence-corrected chi connectivity index (χ0v) is 10.7. The van der Waals surface area contributed by atoms with Crippen LogP contribution >= 0.6 is 0 Å². The summed E-state index contributed by atoms with van der Waals surface area (Å²) in [5, 5.41) is 3.72. The maximum atomic E-state index is 3.72. The van der Waals surface area contributed by atoms with Crippen molar-refractivity contribution in [2.45, 2.75) is 77.8 Å². The second-order valence-corrected chi connectivity index (χ2v) is 5.04. The van der Waals surface area contributed by atoms with E-state index in [4.69, 9.17) is 0 Å². The molecule has 0 heterocycles. The highest BCUT2D eigenvalue weighted by Gasteiger charge is 2.15. The summed E-state index contributed by atoms with van der Waals surface area (Å²) in [7, 11) is 0. The lowest BCUT2D eigenvalue weighted by atomic mass is 9.91. The van der Waals surface area contributed by atoms with E-state index < -0.39 is 0 Å². The minimum atomic E-state index is 0.606. The summed E-state index contributed by atoms with van der Waals surface area (Å²) in [5.41, 5.74) is 1.68. The maximum Gasteiger partial charge on any atom is 0.0281 e. The quantitative estimate of drug-likeness (QED) is 0.651. The van der Waals surface area contributed by atoms with E-state index in [1.807, 2.05) is 0 Å². The molecule has 1 aliphatic carbocycles. The first-order chi connectivity index (χ1) is 7.24. The molecule has 0 aromatic rings. The zero-order chi connectivity index (χ0) is 11.1. The topological polar surface area (TPSA) is 12.0 Å². The van der Waals surface area contributed by atoms with Gasteiger partial charge in [-0.2, -0.15) is 0 Å². The molecule has 0 amide bonds. The van der Waals surface area contributed by atoms with Gasteiger partial charge in [0.05, 0.1) is 0 Å². The Labute approximate surface area is 95.3 Å². The highest BCUT2D eigenvalue weighted by atomic mass is 14.9. The SMILES string of the molecule is CCCCC(NC(C)C)C1=CCCCC1. The Balaban J connectivity index is 2.49. The molecular formula is C14H27N. The molecule has 0 bridgehead atoms. The molecule has 0 saturated heterocycles. The molecule has 0 aromatic carbocycles. The van der Waals surface area contributed by atoms with Crippen LogP contribution in [-0.4, -0.2) is 12.1 Å². The van der Waals surface area contributed by atoms with Crippen LogP contribution in [0.15, 0.2) is 11.6 Å². The van der Waals surface area contributed by atoms with Gasteiger partial charge in [0.15, 0.2) is 0 Å². The van der Waals surface area contributed by atoms with E-state index in [1.165, 1.54) is 44.9 Å². The van der Waals surface area contributed by atoms with Crippen LogP contribution in [0.1, 0.15) is 65.7 Å². The van der Waals surface area contributed by atoms with Gasteiger partial charge >= 0.3 is 0 Å². The first kappa shape index (κ1) is 12.8. The Morgan fingerprint density at radius 1 is 1.33 bits per heavy atom. The predicted molar refractivity (Wildman–Crippen MR) is 68.1 cm³/mol. The Morgan fingerprint density at radius 3 is 2.67 bits per heavy atom. The van der Waals surface area contributed by atoms with Crippen molar-refractivity contribution < 1.29 is 0 Å².